The molecule has 0 amide bonds. The zero-order valence-corrected chi connectivity index (χ0v) is 18.7. The number of benzene rings is 1. The quantitative estimate of drug-likeness (QED) is 0.501. The Balaban J connectivity index is 1.36. The molecule has 1 aromatic carbocycles. The van der Waals surface area contributed by atoms with Crippen LogP contribution in [0.15, 0.2) is 42.7 Å². The first kappa shape index (κ1) is 21.5. The molecular weight excluding hydrogens is 420 g/mol. The molecule has 1 aliphatic heterocycles. The third-order valence-electron chi connectivity index (χ3n) is 5.98. The maximum atomic E-state index is 11.1. The van der Waals surface area contributed by atoms with Gasteiger partial charge in [0, 0.05) is 37.1 Å². The van der Waals surface area contributed by atoms with Crippen molar-refractivity contribution in [1.29, 1.82) is 0 Å². The van der Waals surface area contributed by atoms with E-state index in [0.29, 0.717) is 23.5 Å². The topological polar surface area (TPSA) is 98.5 Å². The molecule has 3 heterocycles. The highest BCUT2D eigenvalue weighted by molar-refractivity contribution is 5.71. The second kappa shape index (κ2) is 9.23. The first-order valence-electron chi connectivity index (χ1n) is 11.4. The largest absolute Gasteiger partial charge is 0.481 e. The standard InChI is InChI=1S/C25H28N4O4/c1-16-10-17(13-24(30)31)12-19(11-16)27-23-14-21(4-7-26-23)33-22-15-29(20-2-3-20)28-25(22)18-5-8-32-9-6-18/h4,7,10-12,14-15,18,20H,2-3,5-6,8-9,13H2,1H3,(H,26,27)(H,30,31). The molecule has 172 valence electrons. The second-order valence-corrected chi connectivity index (χ2v) is 8.86. The van der Waals surface area contributed by atoms with Gasteiger partial charge in [-0.2, -0.15) is 5.10 Å². The molecule has 1 saturated heterocycles. The molecule has 33 heavy (non-hydrogen) atoms. The van der Waals surface area contributed by atoms with Crippen LogP contribution in [0.5, 0.6) is 11.5 Å². The predicted octanol–water partition coefficient (Wildman–Crippen LogP) is 4.98. The summed E-state index contributed by atoms with van der Waals surface area (Å²) in [5, 5.41) is 17.3. The summed E-state index contributed by atoms with van der Waals surface area (Å²) in [6.07, 6.45) is 7.93. The first-order chi connectivity index (χ1) is 16.0. The minimum absolute atomic E-state index is 0.0209. The summed E-state index contributed by atoms with van der Waals surface area (Å²) in [4.78, 5) is 15.5. The van der Waals surface area contributed by atoms with Gasteiger partial charge in [-0.15, -0.1) is 0 Å². The highest BCUT2D eigenvalue weighted by Gasteiger charge is 2.29. The van der Waals surface area contributed by atoms with Crippen LogP contribution in [-0.2, 0) is 16.0 Å². The molecule has 2 N–H and O–H groups in total. The molecule has 1 aliphatic carbocycles. The molecule has 8 nitrogen and oxygen atoms in total. The summed E-state index contributed by atoms with van der Waals surface area (Å²) in [7, 11) is 0. The second-order valence-electron chi connectivity index (χ2n) is 8.86. The summed E-state index contributed by atoms with van der Waals surface area (Å²) in [5.41, 5.74) is 3.53. The van der Waals surface area contributed by atoms with E-state index < -0.39 is 5.97 Å². The van der Waals surface area contributed by atoms with E-state index in [4.69, 9.17) is 19.7 Å². The summed E-state index contributed by atoms with van der Waals surface area (Å²) >= 11 is 0. The van der Waals surface area contributed by atoms with Crippen molar-refractivity contribution in [2.24, 2.45) is 0 Å². The van der Waals surface area contributed by atoms with E-state index in [9.17, 15) is 4.79 Å². The van der Waals surface area contributed by atoms with E-state index in [1.54, 1.807) is 6.20 Å². The number of hydrogen-bond donors (Lipinski definition) is 2. The van der Waals surface area contributed by atoms with Gasteiger partial charge in [-0.1, -0.05) is 6.07 Å². The lowest BCUT2D eigenvalue weighted by molar-refractivity contribution is -0.136. The number of pyridine rings is 1. The van der Waals surface area contributed by atoms with Gasteiger partial charge < -0.3 is 19.9 Å². The number of nitrogens with one attached hydrogen (secondary N) is 1. The number of nitrogens with zero attached hydrogens (tertiary/aromatic N) is 3. The van der Waals surface area contributed by atoms with E-state index >= 15 is 0 Å². The molecule has 0 atom stereocenters. The van der Waals surface area contributed by atoms with Crippen LogP contribution in [0.3, 0.4) is 0 Å². The fourth-order valence-electron chi connectivity index (χ4n) is 4.28. The minimum Gasteiger partial charge on any atom is -0.481 e. The monoisotopic (exact) mass is 448 g/mol. The Kier molecular flexibility index (Phi) is 6.00. The Bertz CT molecular complexity index is 1150. The number of ether oxygens (including phenoxy) is 2. The Morgan fingerprint density at radius 2 is 2.03 bits per heavy atom. The van der Waals surface area contributed by atoms with Crippen molar-refractivity contribution in [2.75, 3.05) is 18.5 Å². The molecule has 0 spiro atoms. The number of carboxylic acids is 1. The van der Waals surface area contributed by atoms with Crippen LogP contribution in [0.2, 0.25) is 0 Å². The van der Waals surface area contributed by atoms with E-state index in [2.05, 4.69) is 15.0 Å². The smallest absolute Gasteiger partial charge is 0.307 e. The highest BCUT2D eigenvalue weighted by atomic mass is 16.5. The van der Waals surface area contributed by atoms with Gasteiger partial charge in [-0.05, 0) is 61.9 Å². The van der Waals surface area contributed by atoms with Crippen molar-refractivity contribution in [1.82, 2.24) is 14.8 Å². The lowest BCUT2D eigenvalue weighted by atomic mass is 9.96. The number of carbonyl (C=O) groups is 1. The lowest BCUT2D eigenvalue weighted by Gasteiger charge is -2.21. The van der Waals surface area contributed by atoms with Gasteiger partial charge in [-0.25, -0.2) is 4.98 Å². The number of aryl methyl sites for hydroxylation is 1. The number of aromatic nitrogens is 3. The van der Waals surface area contributed by atoms with Crippen LogP contribution in [0.1, 0.15) is 54.5 Å². The van der Waals surface area contributed by atoms with E-state index in [1.807, 2.05) is 43.5 Å². The van der Waals surface area contributed by atoms with Gasteiger partial charge >= 0.3 is 5.97 Å². The zero-order valence-electron chi connectivity index (χ0n) is 18.7. The van der Waals surface area contributed by atoms with Gasteiger partial charge in [0.2, 0.25) is 0 Å². The number of anilines is 2. The maximum absolute atomic E-state index is 11.1. The van der Waals surface area contributed by atoms with Gasteiger partial charge in [0.1, 0.15) is 17.3 Å². The Morgan fingerprint density at radius 3 is 2.79 bits per heavy atom. The predicted molar refractivity (Wildman–Crippen MR) is 123 cm³/mol. The Morgan fingerprint density at radius 1 is 1.21 bits per heavy atom. The number of aliphatic carboxylic acids is 1. The summed E-state index contributed by atoms with van der Waals surface area (Å²) in [6.45, 7) is 3.45. The molecule has 2 aliphatic rings. The van der Waals surface area contributed by atoms with Crippen LogP contribution in [0, 0.1) is 6.92 Å². The molecule has 1 saturated carbocycles. The van der Waals surface area contributed by atoms with Crippen molar-refractivity contribution >= 4 is 17.5 Å². The van der Waals surface area contributed by atoms with Crippen molar-refractivity contribution in [2.45, 2.75) is 51.0 Å². The normalized spacial score (nSPS) is 16.5. The Hall–Kier alpha value is -3.39. The number of rotatable bonds is 8. The molecule has 2 aromatic heterocycles. The fraction of sp³-hybridized carbons (Fsp3) is 0.400. The molecule has 0 radical (unpaired) electrons. The van der Waals surface area contributed by atoms with E-state index in [-0.39, 0.29) is 6.42 Å². The van der Waals surface area contributed by atoms with Crippen LogP contribution >= 0.6 is 0 Å². The van der Waals surface area contributed by atoms with Crippen molar-refractivity contribution < 1.29 is 19.4 Å². The van der Waals surface area contributed by atoms with Crippen molar-refractivity contribution in [3.05, 3.63) is 59.5 Å². The van der Waals surface area contributed by atoms with E-state index in [0.717, 1.165) is 67.2 Å². The summed E-state index contributed by atoms with van der Waals surface area (Å²) in [5.74, 6) is 1.58. The molecule has 5 rings (SSSR count). The van der Waals surface area contributed by atoms with Gasteiger partial charge in [0.05, 0.1) is 18.7 Å². The van der Waals surface area contributed by atoms with Crippen molar-refractivity contribution in [3.63, 3.8) is 0 Å². The van der Waals surface area contributed by atoms with Crippen molar-refractivity contribution in [3.8, 4) is 11.5 Å². The molecule has 2 fully saturated rings. The molecule has 0 bridgehead atoms. The van der Waals surface area contributed by atoms with Crippen LogP contribution in [0.4, 0.5) is 11.5 Å². The minimum atomic E-state index is -0.854. The van der Waals surface area contributed by atoms with Crippen LogP contribution in [0.25, 0.3) is 0 Å². The van der Waals surface area contributed by atoms with E-state index in [1.165, 1.54) is 0 Å². The average Bonchev–Trinajstić information content (AvgIpc) is 3.54. The lowest BCUT2D eigenvalue weighted by Crippen LogP contribution is -2.15. The zero-order chi connectivity index (χ0) is 22.8. The van der Waals surface area contributed by atoms with Gasteiger partial charge in [-0.3, -0.25) is 9.48 Å². The third kappa shape index (κ3) is 5.34. The van der Waals surface area contributed by atoms with Gasteiger partial charge in [0.15, 0.2) is 5.75 Å². The number of hydrogen-bond acceptors (Lipinski definition) is 6. The van der Waals surface area contributed by atoms with Gasteiger partial charge in [0.25, 0.3) is 0 Å². The summed E-state index contributed by atoms with van der Waals surface area (Å²) < 4.78 is 13.9. The fourth-order valence-corrected chi connectivity index (χ4v) is 4.28. The molecular formula is C25H28N4O4. The number of carboxylic acid groups (broad SMARTS) is 1. The third-order valence-corrected chi connectivity index (χ3v) is 5.98. The molecule has 8 heteroatoms. The first-order valence-corrected chi connectivity index (χ1v) is 11.4. The average molecular weight is 449 g/mol. The summed E-state index contributed by atoms with van der Waals surface area (Å²) in [6, 6.07) is 9.84. The SMILES string of the molecule is Cc1cc(CC(=O)O)cc(Nc2cc(Oc3cn(C4CC4)nc3C3CCOCC3)ccn2)c1. The molecule has 3 aromatic rings. The maximum Gasteiger partial charge on any atom is 0.307 e. The van der Waals surface area contributed by atoms with Crippen LogP contribution < -0.4 is 10.1 Å². The highest BCUT2D eigenvalue weighted by Crippen LogP contribution is 2.40. The van der Waals surface area contributed by atoms with Crippen LogP contribution in [-0.4, -0.2) is 39.1 Å². The Labute approximate surface area is 192 Å². The molecule has 0 unspecified atom stereocenters.